The van der Waals surface area contributed by atoms with Crippen molar-refractivity contribution in [3.05, 3.63) is 82.8 Å². The van der Waals surface area contributed by atoms with Crippen LogP contribution in [0.15, 0.2) is 70.4 Å². The number of hydrazone groups is 1. The molecule has 31 heavy (non-hydrogen) atoms. The van der Waals surface area contributed by atoms with Gasteiger partial charge in [0, 0.05) is 10.7 Å². The molecule has 0 saturated heterocycles. The zero-order chi connectivity index (χ0) is 22.4. The summed E-state index contributed by atoms with van der Waals surface area (Å²) < 4.78 is 10.8. The Bertz CT molecular complexity index is 1110. The first-order valence-corrected chi connectivity index (χ1v) is 9.93. The number of carbonyl (C=O) groups excluding carboxylic acids is 2. The summed E-state index contributed by atoms with van der Waals surface area (Å²) in [5.74, 6) is 0.0167. The number of anilines is 1. The van der Waals surface area contributed by atoms with Crippen molar-refractivity contribution in [3.8, 4) is 5.75 Å². The van der Waals surface area contributed by atoms with E-state index < -0.39 is 12.0 Å². The highest BCUT2D eigenvalue weighted by molar-refractivity contribution is 6.30. The normalized spacial score (nSPS) is 12.2. The zero-order valence-corrected chi connectivity index (χ0v) is 18.1. The Hall–Kier alpha value is -3.58. The van der Waals surface area contributed by atoms with E-state index in [1.54, 1.807) is 62.4 Å². The van der Waals surface area contributed by atoms with Gasteiger partial charge in [0.2, 0.25) is 0 Å². The molecule has 3 rings (SSSR count). The predicted molar refractivity (Wildman–Crippen MR) is 120 cm³/mol. The van der Waals surface area contributed by atoms with E-state index in [-0.39, 0.29) is 11.7 Å². The fourth-order valence-electron chi connectivity index (χ4n) is 2.72. The fourth-order valence-corrected chi connectivity index (χ4v) is 2.94. The van der Waals surface area contributed by atoms with Crippen LogP contribution in [0.2, 0.25) is 5.02 Å². The molecule has 0 spiro atoms. The summed E-state index contributed by atoms with van der Waals surface area (Å²) in [4.78, 5) is 24.5. The number of aryl methyl sites for hydroxylation is 1. The lowest BCUT2D eigenvalue weighted by Gasteiger charge is -2.16. The molecule has 8 heteroatoms. The van der Waals surface area contributed by atoms with Gasteiger partial charge in [0.25, 0.3) is 5.91 Å². The second-order valence-electron chi connectivity index (χ2n) is 6.86. The number of carbonyl (C=O) groups is 2. The van der Waals surface area contributed by atoms with Crippen LogP contribution in [0.5, 0.6) is 5.75 Å². The number of halogens is 1. The first-order chi connectivity index (χ1) is 14.8. The highest BCUT2D eigenvalue weighted by Crippen LogP contribution is 2.23. The minimum absolute atomic E-state index is 0.169. The van der Waals surface area contributed by atoms with Gasteiger partial charge in [0.15, 0.2) is 11.9 Å². The van der Waals surface area contributed by atoms with E-state index in [0.717, 1.165) is 11.1 Å². The van der Waals surface area contributed by atoms with E-state index >= 15 is 0 Å². The molecule has 0 aliphatic carbocycles. The van der Waals surface area contributed by atoms with Crippen LogP contribution >= 0.6 is 11.6 Å². The van der Waals surface area contributed by atoms with Crippen molar-refractivity contribution in [3.63, 3.8) is 0 Å². The van der Waals surface area contributed by atoms with Gasteiger partial charge in [0.05, 0.1) is 12.0 Å². The largest absolute Gasteiger partial charge is 0.481 e. The van der Waals surface area contributed by atoms with Crippen LogP contribution in [-0.2, 0) is 4.79 Å². The summed E-state index contributed by atoms with van der Waals surface area (Å²) >= 11 is 5.96. The van der Waals surface area contributed by atoms with Crippen LogP contribution in [0.1, 0.15) is 35.5 Å². The van der Waals surface area contributed by atoms with Gasteiger partial charge < -0.3 is 14.5 Å². The molecule has 0 unspecified atom stereocenters. The van der Waals surface area contributed by atoms with Crippen LogP contribution in [0, 0.1) is 6.92 Å². The Labute approximate surface area is 185 Å². The van der Waals surface area contributed by atoms with E-state index in [4.69, 9.17) is 20.8 Å². The minimum atomic E-state index is -0.717. The lowest BCUT2D eigenvalue weighted by atomic mass is 10.1. The van der Waals surface area contributed by atoms with Gasteiger partial charge >= 0.3 is 5.91 Å². The number of nitrogens with one attached hydrogen (secondary N) is 2. The van der Waals surface area contributed by atoms with Gasteiger partial charge in [-0.25, -0.2) is 5.43 Å². The van der Waals surface area contributed by atoms with Crippen molar-refractivity contribution >= 4 is 34.8 Å². The van der Waals surface area contributed by atoms with Crippen molar-refractivity contribution in [2.45, 2.75) is 26.9 Å². The maximum atomic E-state index is 12.6. The van der Waals surface area contributed by atoms with Crippen LogP contribution in [0.4, 0.5) is 5.69 Å². The van der Waals surface area contributed by atoms with Gasteiger partial charge in [-0.05, 0) is 74.4 Å². The first kappa shape index (κ1) is 22.1. The van der Waals surface area contributed by atoms with Crippen molar-refractivity contribution in [1.82, 2.24) is 5.43 Å². The summed E-state index contributed by atoms with van der Waals surface area (Å²) in [5, 5.41) is 7.52. The smallest absolute Gasteiger partial charge is 0.307 e. The molecular weight excluding hydrogens is 418 g/mol. The molecule has 1 heterocycles. The second-order valence-corrected chi connectivity index (χ2v) is 7.29. The summed E-state index contributed by atoms with van der Waals surface area (Å²) in [6, 6.07) is 15.5. The molecule has 2 N–H and O–H groups in total. The molecule has 7 nitrogen and oxygen atoms in total. The zero-order valence-electron chi connectivity index (χ0n) is 17.3. The number of furan rings is 1. The molecule has 1 atom stereocenters. The van der Waals surface area contributed by atoms with Crippen LogP contribution in [0.25, 0.3) is 0 Å². The molecular formula is C23H22ClN3O4. The van der Waals surface area contributed by atoms with Crippen LogP contribution < -0.4 is 15.5 Å². The van der Waals surface area contributed by atoms with Gasteiger partial charge in [-0.1, -0.05) is 23.7 Å². The SMILES string of the molecule is C/C(=N\NC(=O)c1ccco1)c1cccc(NC(=O)[C@@H](C)Oc2ccc(Cl)cc2C)c1. The summed E-state index contributed by atoms with van der Waals surface area (Å²) in [6.07, 6.45) is 0.697. The Kier molecular flexibility index (Phi) is 7.10. The number of hydrogen-bond donors (Lipinski definition) is 2. The van der Waals surface area contributed by atoms with Gasteiger partial charge in [-0.2, -0.15) is 5.10 Å². The Balaban J connectivity index is 1.63. The molecule has 0 fully saturated rings. The second kappa shape index (κ2) is 9.95. The molecule has 160 valence electrons. The predicted octanol–water partition coefficient (Wildman–Crippen LogP) is 4.80. The molecule has 0 radical (unpaired) electrons. The van der Waals surface area contributed by atoms with Crippen LogP contribution in [0.3, 0.4) is 0 Å². The lowest BCUT2D eigenvalue weighted by molar-refractivity contribution is -0.122. The number of benzene rings is 2. The maximum absolute atomic E-state index is 12.6. The molecule has 0 aliphatic rings. The summed E-state index contributed by atoms with van der Waals surface area (Å²) in [7, 11) is 0. The third kappa shape index (κ3) is 5.96. The summed E-state index contributed by atoms with van der Waals surface area (Å²) in [6.45, 7) is 5.28. The number of amides is 2. The third-order valence-electron chi connectivity index (χ3n) is 4.43. The van der Waals surface area contributed by atoms with E-state index in [9.17, 15) is 9.59 Å². The minimum Gasteiger partial charge on any atom is -0.481 e. The molecule has 3 aromatic rings. The monoisotopic (exact) mass is 439 g/mol. The molecule has 2 aromatic carbocycles. The van der Waals surface area contributed by atoms with E-state index in [0.29, 0.717) is 22.2 Å². The Morgan fingerprint density at radius 2 is 1.94 bits per heavy atom. The number of nitrogens with zero attached hydrogens (tertiary/aromatic N) is 1. The molecule has 1 aromatic heterocycles. The number of hydrogen-bond acceptors (Lipinski definition) is 5. The number of rotatable bonds is 7. The quantitative estimate of drug-likeness (QED) is 0.408. The lowest BCUT2D eigenvalue weighted by Crippen LogP contribution is -2.30. The average molecular weight is 440 g/mol. The highest BCUT2D eigenvalue weighted by Gasteiger charge is 2.16. The number of ether oxygens (including phenoxy) is 1. The van der Waals surface area contributed by atoms with Crippen molar-refractivity contribution in [1.29, 1.82) is 0 Å². The maximum Gasteiger partial charge on any atom is 0.307 e. The van der Waals surface area contributed by atoms with Crippen molar-refractivity contribution in [2.24, 2.45) is 5.10 Å². The van der Waals surface area contributed by atoms with E-state index in [1.165, 1.54) is 6.26 Å². The van der Waals surface area contributed by atoms with E-state index in [2.05, 4.69) is 15.8 Å². The Morgan fingerprint density at radius 1 is 1.13 bits per heavy atom. The van der Waals surface area contributed by atoms with Gasteiger partial charge in [-0.15, -0.1) is 0 Å². The molecule has 0 aliphatic heterocycles. The standard InChI is InChI=1S/C23H22ClN3O4/c1-14-12-18(24)9-10-20(14)31-16(3)22(28)25-19-7-4-6-17(13-19)15(2)26-27-23(29)21-8-5-11-30-21/h4-13,16H,1-3H3,(H,25,28)(H,27,29)/b26-15+/t16-/m1/s1. The Morgan fingerprint density at radius 3 is 2.65 bits per heavy atom. The fraction of sp³-hybridized carbons (Fsp3) is 0.174. The molecule has 2 amide bonds. The molecule has 0 bridgehead atoms. The third-order valence-corrected chi connectivity index (χ3v) is 4.66. The van der Waals surface area contributed by atoms with Crippen LogP contribution in [-0.4, -0.2) is 23.6 Å². The average Bonchev–Trinajstić information content (AvgIpc) is 3.29. The topological polar surface area (TPSA) is 92.9 Å². The van der Waals surface area contributed by atoms with Crippen molar-refractivity contribution in [2.75, 3.05) is 5.32 Å². The molecule has 0 saturated carbocycles. The van der Waals surface area contributed by atoms with Gasteiger partial charge in [0.1, 0.15) is 5.75 Å². The highest BCUT2D eigenvalue weighted by atomic mass is 35.5. The van der Waals surface area contributed by atoms with Gasteiger partial charge in [-0.3, -0.25) is 9.59 Å². The summed E-state index contributed by atoms with van der Waals surface area (Å²) in [5.41, 5.74) is 5.17. The van der Waals surface area contributed by atoms with E-state index in [1.807, 2.05) is 13.0 Å². The first-order valence-electron chi connectivity index (χ1n) is 9.55. The van der Waals surface area contributed by atoms with Crippen molar-refractivity contribution < 1.29 is 18.7 Å².